The van der Waals surface area contributed by atoms with E-state index in [-0.39, 0.29) is 18.5 Å². The van der Waals surface area contributed by atoms with Gasteiger partial charge >= 0.3 is 0 Å². The summed E-state index contributed by atoms with van der Waals surface area (Å²) in [4.78, 5) is 4.29. The average Bonchev–Trinajstić information content (AvgIpc) is 3.22. The minimum Gasteiger partial charge on any atom is -0.389 e. The number of ether oxygens (including phenoxy) is 3. The van der Waals surface area contributed by atoms with E-state index in [4.69, 9.17) is 18.7 Å². The lowest BCUT2D eigenvalue weighted by molar-refractivity contribution is -0.0103. The molecule has 2 aromatic rings. The van der Waals surface area contributed by atoms with E-state index in [9.17, 15) is 9.50 Å². The van der Waals surface area contributed by atoms with Gasteiger partial charge in [-0.05, 0) is 44.5 Å². The summed E-state index contributed by atoms with van der Waals surface area (Å²) in [6.07, 6.45) is 0.242. The lowest BCUT2D eigenvalue weighted by Crippen LogP contribution is -2.38. The molecule has 0 saturated carbocycles. The second-order valence-electron chi connectivity index (χ2n) is 8.54. The Balaban J connectivity index is 1.86. The van der Waals surface area contributed by atoms with Crippen LogP contribution in [0.15, 0.2) is 28.8 Å². The number of aliphatic hydroxyl groups is 1. The molecule has 33 heavy (non-hydrogen) atoms. The smallest absolute Gasteiger partial charge is 0.232 e. The summed E-state index contributed by atoms with van der Waals surface area (Å²) in [5.74, 6) is 0.397. The first-order chi connectivity index (χ1) is 16.0. The molecule has 184 valence electrons. The predicted octanol–water partition coefficient (Wildman–Crippen LogP) is 2.94. The van der Waals surface area contributed by atoms with E-state index >= 15 is 0 Å². The van der Waals surface area contributed by atoms with E-state index in [1.807, 2.05) is 13.8 Å². The van der Waals surface area contributed by atoms with Crippen LogP contribution in [0.5, 0.6) is 0 Å². The Morgan fingerprint density at radius 1 is 1.21 bits per heavy atom. The molecule has 1 aromatic carbocycles. The standard InChI is InChI=1S/C24H36FN3O5/c1-18(2)32-17-21(29)15-27(9-4-12-30-3)16-22-23(19-5-7-20(25)8-6-19)26-33-24(22)28-10-13-31-14-11-28/h5-8,18,21,29H,4,9-17H2,1-3H3. The molecule has 2 heterocycles. The van der Waals surface area contributed by atoms with E-state index in [1.54, 1.807) is 19.2 Å². The van der Waals surface area contributed by atoms with Crippen molar-refractivity contribution in [3.8, 4) is 11.3 Å². The quantitative estimate of drug-likeness (QED) is 0.453. The number of anilines is 1. The highest BCUT2D eigenvalue weighted by atomic mass is 19.1. The third-order valence-electron chi connectivity index (χ3n) is 5.48. The average molecular weight is 466 g/mol. The Morgan fingerprint density at radius 3 is 2.61 bits per heavy atom. The Labute approximate surface area is 195 Å². The van der Waals surface area contributed by atoms with Crippen LogP contribution < -0.4 is 4.90 Å². The highest BCUT2D eigenvalue weighted by molar-refractivity contribution is 5.68. The van der Waals surface area contributed by atoms with Gasteiger partial charge in [0.25, 0.3) is 0 Å². The first-order valence-electron chi connectivity index (χ1n) is 11.6. The Kier molecular flexibility index (Phi) is 10.1. The summed E-state index contributed by atoms with van der Waals surface area (Å²) >= 11 is 0. The van der Waals surface area contributed by atoms with Crippen LogP contribution in [0.2, 0.25) is 0 Å². The van der Waals surface area contributed by atoms with Gasteiger partial charge in [0.15, 0.2) is 0 Å². The maximum atomic E-state index is 13.5. The summed E-state index contributed by atoms with van der Waals surface area (Å²) in [7, 11) is 1.68. The number of morpholine rings is 1. The van der Waals surface area contributed by atoms with Gasteiger partial charge in [-0.25, -0.2) is 4.39 Å². The van der Waals surface area contributed by atoms with Crippen LogP contribution in [0.3, 0.4) is 0 Å². The molecule has 0 spiro atoms. The number of methoxy groups -OCH3 is 1. The number of hydrogen-bond acceptors (Lipinski definition) is 8. The van der Waals surface area contributed by atoms with Crippen molar-refractivity contribution in [1.82, 2.24) is 10.1 Å². The Hall–Kier alpha value is -2.04. The van der Waals surface area contributed by atoms with Gasteiger partial charge in [-0.15, -0.1) is 0 Å². The first-order valence-corrected chi connectivity index (χ1v) is 11.6. The third kappa shape index (κ3) is 7.75. The van der Waals surface area contributed by atoms with Gasteiger partial charge in [-0.2, -0.15) is 0 Å². The van der Waals surface area contributed by atoms with Gasteiger partial charge < -0.3 is 28.7 Å². The molecule has 1 aliphatic heterocycles. The zero-order valence-electron chi connectivity index (χ0n) is 19.8. The van der Waals surface area contributed by atoms with Crippen LogP contribution in [0.25, 0.3) is 11.3 Å². The number of benzene rings is 1. The van der Waals surface area contributed by atoms with E-state index in [2.05, 4.69) is 15.0 Å². The van der Waals surface area contributed by atoms with Crippen molar-refractivity contribution in [1.29, 1.82) is 0 Å². The van der Waals surface area contributed by atoms with Gasteiger partial charge in [-0.1, -0.05) is 5.16 Å². The van der Waals surface area contributed by atoms with Crippen molar-refractivity contribution < 1.29 is 28.2 Å². The van der Waals surface area contributed by atoms with Gasteiger partial charge in [0, 0.05) is 52.0 Å². The second-order valence-corrected chi connectivity index (χ2v) is 8.54. The summed E-state index contributed by atoms with van der Waals surface area (Å²) in [6, 6.07) is 6.26. The molecule has 0 amide bonds. The molecule has 1 aromatic heterocycles. The lowest BCUT2D eigenvalue weighted by atomic mass is 10.1. The van der Waals surface area contributed by atoms with Gasteiger partial charge in [-0.3, -0.25) is 4.90 Å². The van der Waals surface area contributed by atoms with Crippen molar-refractivity contribution in [2.45, 2.75) is 39.0 Å². The van der Waals surface area contributed by atoms with E-state index in [1.165, 1.54) is 12.1 Å². The molecule has 3 rings (SSSR count). The zero-order chi connectivity index (χ0) is 23.6. The number of hydrogen-bond donors (Lipinski definition) is 1. The molecule has 8 nitrogen and oxygen atoms in total. The molecular formula is C24H36FN3O5. The number of rotatable bonds is 13. The second kappa shape index (κ2) is 13.0. The van der Waals surface area contributed by atoms with Crippen molar-refractivity contribution in [2.75, 3.05) is 64.6 Å². The summed E-state index contributed by atoms with van der Waals surface area (Å²) in [5.41, 5.74) is 2.38. The molecule has 9 heteroatoms. The minimum absolute atomic E-state index is 0.0534. The van der Waals surface area contributed by atoms with Crippen LogP contribution in [0.1, 0.15) is 25.8 Å². The first kappa shape index (κ1) is 25.6. The SMILES string of the molecule is COCCCN(Cc1c(-c2ccc(F)cc2)noc1N1CCOCC1)CC(O)COC(C)C. The van der Waals surface area contributed by atoms with Crippen LogP contribution >= 0.6 is 0 Å². The summed E-state index contributed by atoms with van der Waals surface area (Å²) in [5, 5.41) is 14.9. The topological polar surface area (TPSA) is 80.4 Å². The molecule has 0 aliphatic carbocycles. The monoisotopic (exact) mass is 465 g/mol. The highest BCUT2D eigenvalue weighted by Crippen LogP contribution is 2.33. The fourth-order valence-corrected chi connectivity index (χ4v) is 3.84. The van der Waals surface area contributed by atoms with E-state index < -0.39 is 6.10 Å². The van der Waals surface area contributed by atoms with Crippen molar-refractivity contribution in [3.63, 3.8) is 0 Å². The highest BCUT2D eigenvalue weighted by Gasteiger charge is 2.26. The number of aliphatic hydroxyl groups excluding tert-OH is 1. The maximum Gasteiger partial charge on any atom is 0.232 e. The van der Waals surface area contributed by atoms with Crippen LogP contribution in [-0.2, 0) is 20.8 Å². The van der Waals surface area contributed by atoms with Crippen molar-refractivity contribution in [3.05, 3.63) is 35.6 Å². The van der Waals surface area contributed by atoms with Gasteiger partial charge in [0.2, 0.25) is 5.88 Å². The fourth-order valence-electron chi connectivity index (χ4n) is 3.84. The number of nitrogens with zero attached hydrogens (tertiary/aromatic N) is 3. The Bertz CT molecular complexity index is 824. The molecular weight excluding hydrogens is 429 g/mol. The van der Waals surface area contributed by atoms with Crippen LogP contribution in [-0.4, -0.2) is 87.1 Å². The molecule has 1 fully saturated rings. The van der Waals surface area contributed by atoms with Crippen molar-refractivity contribution >= 4 is 5.88 Å². The van der Waals surface area contributed by atoms with Gasteiger partial charge in [0.05, 0.1) is 37.6 Å². The Morgan fingerprint density at radius 2 is 1.94 bits per heavy atom. The summed E-state index contributed by atoms with van der Waals surface area (Å²) in [6.45, 7) is 9.13. The van der Waals surface area contributed by atoms with Crippen LogP contribution in [0, 0.1) is 5.82 Å². The van der Waals surface area contributed by atoms with E-state index in [0.29, 0.717) is 57.6 Å². The normalized spacial score (nSPS) is 15.5. The molecule has 1 atom stereocenters. The number of aromatic nitrogens is 1. The van der Waals surface area contributed by atoms with Crippen LogP contribution in [0.4, 0.5) is 10.3 Å². The predicted molar refractivity (Wildman–Crippen MR) is 124 cm³/mol. The van der Waals surface area contributed by atoms with E-state index in [0.717, 1.165) is 24.1 Å². The largest absolute Gasteiger partial charge is 0.389 e. The summed E-state index contributed by atoms with van der Waals surface area (Å²) < 4.78 is 35.7. The third-order valence-corrected chi connectivity index (χ3v) is 5.48. The molecule has 1 aliphatic rings. The van der Waals surface area contributed by atoms with Gasteiger partial charge in [0.1, 0.15) is 11.5 Å². The molecule has 1 saturated heterocycles. The number of halogens is 1. The molecule has 1 N–H and O–H groups in total. The lowest BCUT2D eigenvalue weighted by Gasteiger charge is -2.29. The van der Waals surface area contributed by atoms with Crippen molar-refractivity contribution in [2.24, 2.45) is 0 Å². The molecule has 0 radical (unpaired) electrons. The zero-order valence-corrected chi connectivity index (χ0v) is 19.8. The molecule has 0 bridgehead atoms. The fraction of sp³-hybridized carbons (Fsp3) is 0.625. The minimum atomic E-state index is -0.629. The maximum absolute atomic E-state index is 13.5. The molecule has 1 unspecified atom stereocenters.